The Morgan fingerprint density at radius 2 is 1.92 bits per heavy atom. The van der Waals surface area contributed by atoms with Gasteiger partial charge in [0.2, 0.25) is 0 Å². The number of hydrogen-bond acceptors (Lipinski definition) is 5. The number of amides is 1. The number of rotatable bonds is 5. The minimum Gasteiger partial charge on any atom is -0.497 e. The monoisotopic (exact) mass is 410 g/mol. The van der Waals surface area contributed by atoms with Crippen molar-refractivity contribution in [1.29, 1.82) is 0 Å². The molecule has 0 fully saturated rings. The smallest absolute Gasteiger partial charge is 0.291 e. The Kier molecular flexibility index (Phi) is 5.70. The van der Waals surface area contributed by atoms with Gasteiger partial charge in [-0.25, -0.2) is 10.4 Å². The van der Waals surface area contributed by atoms with Crippen molar-refractivity contribution >= 4 is 28.1 Å². The average Bonchev–Trinajstić information content (AvgIpc) is 2.69. The van der Waals surface area contributed by atoms with Gasteiger partial charge < -0.3 is 4.74 Å². The van der Waals surface area contributed by atoms with E-state index >= 15 is 0 Å². The topological polar surface area (TPSA) is 76.5 Å². The van der Waals surface area contributed by atoms with Crippen LogP contribution in [0.4, 0.5) is 0 Å². The molecule has 0 atom stereocenters. The van der Waals surface area contributed by atoms with Crippen LogP contribution >= 0.6 is 15.9 Å². The van der Waals surface area contributed by atoms with E-state index in [1.807, 2.05) is 48.5 Å². The first-order valence-electron chi connectivity index (χ1n) is 7.72. The van der Waals surface area contributed by atoms with Crippen LogP contribution in [0.2, 0.25) is 0 Å². The van der Waals surface area contributed by atoms with Crippen molar-refractivity contribution in [2.75, 3.05) is 7.11 Å². The van der Waals surface area contributed by atoms with Crippen LogP contribution in [-0.4, -0.2) is 29.2 Å². The highest BCUT2D eigenvalue weighted by Gasteiger charge is 2.09. The van der Waals surface area contributed by atoms with Crippen molar-refractivity contribution in [1.82, 2.24) is 15.4 Å². The predicted octanol–water partition coefficient (Wildman–Crippen LogP) is 3.68. The fourth-order valence-electron chi connectivity index (χ4n) is 2.17. The first kappa shape index (κ1) is 17.8. The van der Waals surface area contributed by atoms with E-state index in [0.29, 0.717) is 5.69 Å². The highest BCUT2D eigenvalue weighted by molar-refractivity contribution is 9.10. The van der Waals surface area contributed by atoms with Crippen molar-refractivity contribution in [2.45, 2.75) is 0 Å². The molecule has 0 bridgehead atoms. The first-order valence-corrected chi connectivity index (χ1v) is 8.51. The third-order valence-corrected chi connectivity index (χ3v) is 4.25. The lowest BCUT2D eigenvalue weighted by molar-refractivity contribution is 0.0950. The van der Waals surface area contributed by atoms with Gasteiger partial charge in [-0.05, 0) is 30.3 Å². The van der Waals surface area contributed by atoms with Crippen molar-refractivity contribution in [3.63, 3.8) is 0 Å². The average molecular weight is 411 g/mol. The number of carbonyl (C=O) groups is 1. The Bertz CT molecular complexity index is 942. The van der Waals surface area contributed by atoms with Gasteiger partial charge in [-0.1, -0.05) is 34.1 Å². The molecule has 1 N–H and O–H groups in total. The molecule has 1 amide bonds. The molecule has 7 heteroatoms. The Balaban J connectivity index is 1.72. The molecule has 2 aromatic carbocycles. The van der Waals surface area contributed by atoms with E-state index < -0.39 is 5.91 Å². The molecule has 1 heterocycles. The Morgan fingerprint density at radius 3 is 2.65 bits per heavy atom. The van der Waals surface area contributed by atoms with Crippen LogP contribution < -0.4 is 10.2 Å². The summed E-state index contributed by atoms with van der Waals surface area (Å²) in [5, 5.41) is 3.96. The normalized spacial score (nSPS) is 10.7. The van der Waals surface area contributed by atoms with Crippen LogP contribution in [0, 0.1) is 0 Å². The molecule has 26 heavy (non-hydrogen) atoms. The number of hydrogen-bond donors (Lipinski definition) is 1. The Labute approximate surface area is 159 Å². The van der Waals surface area contributed by atoms with Crippen molar-refractivity contribution in [3.8, 4) is 17.0 Å². The number of hydrazone groups is 1. The molecule has 0 aliphatic rings. The van der Waals surface area contributed by atoms with Crippen molar-refractivity contribution in [2.24, 2.45) is 5.10 Å². The molecule has 0 aliphatic carbocycles. The standard InChI is InChI=1S/C19H15BrN4O2/c1-26-15-8-6-13(7-9-15)17-11-21-12-18(23-17)19(25)24-22-10-14-4-2-3-5-16(14)20/h2-12H,1H3,(H,24,25). The van der Waals surface area contributed by atoms with Gasteiger partial charge in [-0.3, -0.25) is 9.78 Å². The van der Waals surface area contributed by atoms with Gasteiger partial charge in [0.25, 0.3) is 5.91 Å². The van der Waals surface area contributed by atoms with E-state index in [2.05, 4.69) is 36.4 Å². The molecule has 130 valence electrons. The number of halogens is 1. The molecular formula is C19H15BrN4O2. The number of ether oxygens (including phenoxy) is 1. The summed E-state index contributed by atoms with van der Waals surface area (Å²) in [6.07, 6.45) is 4.56. The van der Waals surface area contributed by atoms with Crippen LogP contribution in [0.15, 0.2) is 70.5 Å². The number of benzene rings is 2. The predicted molar refractivity (Wildman–Crippen MR) is 103 cm³/mol. The molecule has 0 spiro atoms. The zero-order valence-electron chi connectivity index (χ0n) is 13.9. The number of aromatic nitrogens is 2. The summed E-state index contributed by atoms with van der Waals surface area (Å²) >= 11 is 3.42. The lowest BCUT2D eigenvalue weighted by atomic mass is 10.1. The fraction of sp³-hybridized carbons (Fsp3) is 0.0526. The van der Waals surface area contributed by atoms with E-state index in [1.165, 1.54) is 6.20 Å². The molecule has 0 saturated heterocycles. The zero-order valence-corrected chi connectivity index (χ0v) is 15.5. The van der Waals surface area contributed by atoms with Gasteiger partial charge >= 0.3 is 0 Å². The maximum Gasteiger partial charge on any atom is 0.291 e. The van der Waals surface area contributed by atoms with Gasteiger partial charge in [-0.15, -0.1) is 0 Å². The lowest BCUT2D eigenvalue weighted by Gasteiger charge is -2.05. The number of nitrogens with one attached hydrogen (secondary N) is 1. The number of nitrogens with zero attached hydrogens (tertiary/aromatic N) is 3. The number of carbonyl (C=O) groups excluding carboxylic acids is 1. The van der Waals surface area contributed by atoms with E-state index in [-0.39, 0.29) is 5.69 Å². The summed E-state index contributed by atoms with van der Waals surface area (Å²) < 4.78 is 6.03. The molecule has 6 nitrogen and oxygen atoms in total. The van der Waals surface area contributed by atoms with Gasteiger partial charge in [0.1, 0.15) is 11.4 Å². The molecular weight excluding hydrogens is 396 g/mol. The van der Waals surface area contributed by atoms with E-state index in [4.69, 9.17) is 4.74 Å². The second-order valence-corrected chi connectivity index (χ2v) is 6.09. The van der Waals surface area contributed by atoms with Crippen LogP contribution in [0.5, 0.6) is 5.75 Å². The Morgan fingerprint density at radius 1 is 1.15 bits per heavy atom. The summed E-state index contributed by atoms with van der Waals surface area (Å²) in [5.41, 5.74) is 4.92. The molecule has 3 rings (SSSR count). The highest BCUT2D eigenvalue weighted by atomic mass is 79.9. The summed E-state index contributed by atoms with van der Waals surface area (Å²) in [5.74, 6) is 0.313. The SMILES string of the molecule is COc1ccc(-c2cncc(C(=O)NN=Cc3ccccc3Br)n2)cc1. The minimum atomic E-state index is -0.434. The highest BCUT2D eigenvalue weighted by Crippen LogP contribution is 2.20. The quantitative estimate of drug-likeness (QED) is 0.514. The fourth-order valence-corrected chi connectivity index (χ4v) is 2.56. The van der Waals surface area contributed by atoms with Gasteiger partial charge in [0, 0.05) is 15.6 Å². The maximum atomic E-state index is 12.2. The molecule has 0 aliphatic heterocycles. The third-order valence-electron chi connectivity index (χ3n) is 3.53. The minimum absolute atomic E-state index is 0.183. The van der Waals surface area contributed by atoms with Gasteiger partial charge in [0.05, 0.1) is 31.4 Å². The molecule has 0 radical (unpaired) electrons. The molecule has 0 saturated carbocycles. The number of methoxy groups -OCH3 is 1. The van der Waals surface area contributed by atoms with Crippen molar-refractivity contribution in [3.05, 3.63) is 76.7 Å². The van der Waals surface area contributed by atoms with Crippen LogP contribution in [0.25, 0.3) is 11.3 Å². The van der Waals surface area contributed by atoms with Crippen LogP contribution in [-0.2, 0) is 0 Å². The first-order chi connectivity index (χ1) is 12.7. The van der Waals surface area contributed by atoms with Gasteiger partial charge in [-0.2, -0.15) is 5.10 Å². The summed E-state index contributed by atoms with van der Waals surface area (Å²) in [6.45, 7) is 0. The zero-order chi connectivity index (χ0) is 18.4. The van der Waals surface area contributed by atoms with Crippen molar-refractivity contribution < 1.29 is 9.53 Å². The van der Waals surface area contributed by atoms with Crippen LogP contribution in [0.1, 0.15) is 16.1 Å². The van der Waals surface area contributed by atoms with E-state index in [0.717, 1.165) is 21.3 Å². The van der Waals surface area contributed by atoms with E-state index in [9.17, 15) is 4.79 Å². The largest absolute Gasteiger partial charge is 0.497 e. The summed E-state index contributed by atoms with van der Waals surface area (Å²) in [7, 11) is 1.61. The second kappa shape index (κ2) is 8.35. The molecule has 3 aromatic rings. The van der Waals surface area contributed by atoms with Gasteiger partial charge in [0.15, 0.2) is 0 Å². The molecule has 0 unspecified atom stereocenters. The lowest BCUT2D eigenvalue weighted by Crippen LogP contribution is -2.19. The summed E-state index contributed by atoms with van der Waals surface area (Å²) in [6, 6.07) is 14.9. The molecule has 1 aromatic heterocycles. The second-order valence-electron chi connectivity index (χ2n) is 5.24. The maximum absolute atomic E-state index is 12.2. The third kappa shape index (κ3) is 4.31. The van der Waals surface area contributed by atoms with Crippen LogP contribution in [0.3, 0.4) is 0 Å². The van der Waals surface area contributed by atoms with E-state index in [1.54, 1.807) is 19.5 Å². The Hall–Kier alpha value is -3.06. The summed E-state index contributed by atoms with van der Waals surface area (Å²) in [4.78, 5) is 20.7.